The first-order valence-electron chi connectivity index (χ1n) is 11.2. The lowest BCUT2D eigenvalue weighted by atomic mass is 10.1. The first-order valence-corrected chi connectivity index (χ1v) is 11.2. The van der Waals surface area contributed by atoms with Crippen LogP contribution in [0.4, 0.5) is 0 Å². The van der Waals surface area contributed by atoms with Crippen molar-refractivity contribution in [2.45, 2.75) is 39.3 Å². The first kappa shape index (κ1) is 26.8. The Morgan fingerprint density at radius 3 is 2.33 bits per heavy atom. The molecule has 1 heterocycles. The first-order chi connectivity index (χ1) is 15.6. The van der Waals surface area contributed by atoms with Crippen LogP contribution in [-0.4, -0.2) is 50.6 Å². The monoisotopic (exact) mass is 566 g/mol. The lowest BCUT2D eigenvalue weighted by Gasteiger charge is -2.15. The van der Waals surface area contributed by atoms with E-state index >= 15 is 0 Å². The lowest BCUT2D eigenvalue weighted by molar-refractivity contribution is -0.128. The largest absolute Gasteiger partial charge is 0.493 e. The predicted molar refractivity (Wildman–Crippen MR) is 143 cm³/mol. The smallest absolute Gasteiger partial charge is 0.222 e. The second-order valence-corrected chi connectivity index (χ2v) is 7.80. The highest BCUT2D eigenvalue weighted by molar-refractivity contribution is 14.0. The van der Waals surface area contributed by atoms with Crippen molar-refractivity contribution in [3.05, 3.63) is 59.2 Å². The minimum atomic E-state index is 0. The summed E-state index contributed by atoms with van der Waals surface area (Å²) in [7, 11) is 3.29. The molecule has 0 atom stereocenters. The highest BCUT2D eigenvalue weighted by atomic mass is 127. The molecule has 1 fully saturated rings. The standard InChI is InChI=1S/C25H34N4O3.HI/c1-4-26-25(27-14-13-19-11-12-22(31-2)23(16-19)32-3)28-17-20-7-9-21(10-8-20)18-29-15-5-6-24(29)30;/h7-12,16H,4-6,13-15,17-18H2,1-3H3,(H2,26,27,28);1H. The third-order valence-corrected chi connectivity index (χ3v) is 5.49. The van der Waals surface area contributed by atoms with E-state index in [4.69, 9.17) is 14.5 Å². The van der Waals surface area contributed by atoms with Crippen LogP contribution in [0.1, 0.15) is 36.5 Å². The van der Waals surface area contributed by atoms with E-state index in [1.54, 1.807) is 14.2 Å². The van der Waals surface area contributed by atoms with Crippen molar-refractivity contribution in [1.29, 1.82) is 0 Å². The Morgan fingerprint density at radius 2 is 1.70 bits per heavy atom. The summed E-state index contributed by atoms with van der Waals surface area (Å²) < 4.78 is 10.7. The Kier molecular flexibility index (Phi) is 11.3. The van der Waals surface area contributed by atoms with Crippen molar-refractivity contribution in [3.8, 4) is 11.5 Å². The van der Waals surface area contributed by atoms with Crippen LogP contribution < -0.4 is 20.1 Å². The third kappa shape index (κ3) is 8.10. The highest BCUT2D eigenvalue weighted by Crippen LogP contribution is 2.27. The number of nitrogens with one attached hydrogen (secondary N) is 2. The van der Waals surface area contributed by atoms with Crippen LogP contribution in [0.3, 0.4) is 0 Å². The topological polar surface area (TPSA) is 75.2 Å². The number of aliphatic imine (C=N–C) groups is 1. The fourth-order valence-corrected chi connectivity index (χ4v) is 3.72. The van der Waals surface area contributed by atoms with Crippen LogP contribution in [-0.2, 0) is 24.3 Å². The number of methoxy groups -OCH3 is 2. The van der Waals surface area contributed by atoms with Gasteiger partial charge in [0.15, 0.2) is 17.5 Å². The zero-order valence-corrected chi connectivity index (χ0v) is 22.1. The van der Waals surface area contributed by atoms with Gasteiger partial charge in [-0.05, 0) is 48.6 Å². The molecule has 2 aromatic carbocycles. The van der Waals surface area contributed by atoms with E-state index in [1.807, 2.05) is 23.1 Å². The normalized spacial score (nSPS) is 13.5. The molecule has 2 aromatic rings. The molecule has 0 saturated carbocycles. The number of likely N-dealkylation sites (tertiary alicyclic amines) is 1. The van der Waals surface area contributed by atoms with Crippen LogP contribution >= 0.6 is 24.0 Å². The number of guanidine groups is 1. The van der Waals surface area contributed by atoms with Gasteiger partial charge in [0, 0.05) is 32.6 Å². The van der Waals surface area contributed by atoms with E-state index in [9.17, 15) is 4.79 Å². The summed E-state index contributed by atoms with van der Waals surface area (Å²) in [4.78, 5) is 18.4. The third-order valence-electron chi connectivity index (χ3n) is 5.49. The van der Waals surface area contributed by atoms with Gasteiger partial charge < -0.3 is 25.0 Å². The van der Waals surface area contributed by atoms with Crippen molar-refractivity contribution >= 4 is 35.8 Å². The maximum absolute atomic E-state index is 11.8. The van der Waals surface area contributed by atoms with Crippen LogP contribution in [0, 0.1) is 0 Å². The van der Waals surface area contributed by atoms with Crippen molar-refractivity contribution < 1.29 is 14.3 Å². The summed E-state index contributed by atoms with van der Waals surface area (Å²) >= 11 is 0. The van der Waals surface area contributed by atoms with Crippen LogP contribution in [0.25, 0.3) is 0 Å². The van der Waals surface area contributed by atoms with Gasteiger partial charge in [-0.2, -0.15) is 0 Å². The molecule has 2 N–H and O–H groups in total. The summed E-state index contributed by atoms with van der Waals surface area (Å²) in [6.07, 6.45) is 2.49. The molecule has 1 aliphatic heterocycles. The molecule has 0 aliphatic carbocycles. The molecule has 7 nitrogen and oxygen atoms in total. The number of hydrogen-bond donors (Lipinski definition) is 2. The molecule has 0 unspecified atom stereocenters. The highest BCUT2D eigenvalue weighted by Gasteiger charge is 2.19. The van der Waals surface area contributed by atoms with E-state index in [-0.39, 0.29) is 29.9 Å². The Balaban J connectivity index is 0.00000385. The number of halogens is 1. The Bertz CT molecular complexity index is 918. The van der Waals surface area contributed by atoms with E-state index in [2.05, 4.69) is 41.8 Å². The van der Waals surface area contributed by atoms with Gasteiger partial charge in [-0.3, -0.25) is 4.79 Å². The summed E-state index contributed by atoms with van der Waals surface area (Å²) in [6.45, 7) is 5.76. The number of ether oxygens (including phenoxy) is 2. The van der Waals surface area contributed by atoms with Crippen molar-refractivity contribution in [3.63, 3.8) is 0 Å². The van der Waals surface area contributed by atoms with Crippen LogP contribution in [0.15, 0.2) is 47.5 Å². The molecular formula is C25H35IN4O3. The molecule has 1 saturated heterocycles. The summed E-state index contributed by atoms with van der Waals surface area (Å²) in [6, 6.07) is 14.3. The summed E-state index contributed by atoms with van der Waals surface area (Å²) in [5, 5.41) is 6.69. The molecule has 1 aliphatic rings. The molecule has 0 bridgehead atoms. The molecule has 0 radical (unpaired) electrons. The zero-order valence-electron chi connectivity index (χ0n) is 19.7. The second kappa shape index (κ2) is 13.9. The molecule has 180 valence electrons. The zero-order chi connectivity index (χ0) is 22.8. The van der Waals surface area contributed by atoms with Crippen molar-refractivity contribution in [1.82, 2.24) is 15.5 Å². The van der Waals surface area contributed by atoms with Gasteiger partial charge in [0.1, 0.15) is 0 Å². The van der Waals surface area contributed by atoms with Gasteiger partial charge in [0.25, 0.3) is 0 Å². The fraction of sp³-hybridized carbons (Fsp3) is 0.440. The molecule has 0 spiro atoms. The summed E-state index contributed by atoms with van der Waals surface area (Å²) in [5.41, 5.74) is 3.46. The maximum atomic E-state index is 11.8. The number of carbonyl (C=O) groups is 1. The summed E-state index contributed by atoms with van der Waals surface area (Å²) in [5.74, 6) is 2.52. The number of nitrogens with zero attached hydrogens (tertiary/aromatic N) is 2. The number of hydrogen-bond acceptors (Lipinski definition) is 4. The minimum absolute atomic E-state index is 0. The Hall–Kier alpha value is -2.49. The molecule has 3 rings (SSSR count). The molecular weight excluding hydrogens is 531 g/mol. The SMILES string of the molecule is CCNC(=NCc1ccc(CN2CCCC2=O)cc1)NCCc1ccc(OC)c(OC)c1.I. The molecule has 0 aromatic heterocycles. The van der Waals surface area contributed by atoms with Crippen LogP contribution in [0.5, 0.6) is 11.5 Å². The van der Waals surface area contributed by atoms with Crippen molar-refractivity contribution in [2.75, 3.05) is 33.9 Å². The van der Waals surface area contributed by atoms with E-state index in [1.165, 1.54) is 0 Å². The number of carbonyl (C=O) groups excluding carboxylic acids is 1. The van der Waals surface area contributed by atoms with Gasteiger partial charge in [0.05, 0.1) is 20.8 Å². The van der Waals surface area contributed by atoms with E-state index in [0.29, 0.717) is 19.5 Å². The number of amides is 1. The second-order valence-electron chi connectivity index (χ2n) is 7.80. The minimum Gasteiger partial charge on any atom is -0.493 e. The predicted octanol–water partition coefficient (Wildman–Crippen LogP) is 3.74. The molecule has 8 heteroatoms. The lowest BCUT2D eigenvalue weighted by Crippen LogP contribution is -2.38. The average molecular weight is 566 g/mol. The molecule has 33 heavy (non-hydrogen) atoms. The fourth-order valence-electron chi connectivity index (χ4n) is 3.72. The van der Waals surface area contributed by atoms with Gasteiger partial charge in [0.2, 0.25) is 5.91 Å². The van der Waals surface area contributed by atoms with E-state index < -0.39 is 0 Å². The Morgan fingerprint density at radius 1 is 1.00 bits per heavy atom. The van der Waals surface area contributed by atoms with E-state index in [0.717, 1.165) is 66.6 Å². The van der Waals surface area contributed by atoms with Gasteiger partial charge in [-0.1, -0.05) is 30.3 Å². The maximum Gasteiger partial charge on any atom is 0.222 e. The number of rotatable bonds is 10. The van der Waals surface area contributed by atoms with Crippen LogP contribution in [0.2, 0.25) is 0 Å². The van der Waals surface area contributed by atoms with Gasteiger partial charge >= 0.3 is 0 Å². The van der Waals surface area contributed by atoms with Crippen molar-refractivity contribution in [2.24, 2.45) is 4.99 Å². The van der Waals surface area contributed by atoms with Gasteiger partial charge in [-0.15, -0.1) is 24.0 Å². The quantitative estimate of drug-likeness (QED) is 0.261. The number of benzene rings is 2. The Labute approximate surface area is 214 Å². The van der Waals surface area contributed by atoms with Gasteiger partial charge in [-0.25, -0.2) is 4.99 Å². The average Bonchev–Trinajstić information content (AvgIpc) is 3.22. The molecule has 1 amide bonds.